The van der Waals surface area contributed by atoms with Gasteiger partial charge in [-0.1, -0.05) is 0 Å². The van der Waals surface area contributed by atoms with Gasteiger partial charge in [-0.05, 0) is 39.4 Å². The molecule has 0 aliphatic carbocycles. The van der Waals surface area contributed by atoms with Gasteiger partial charge in [-0.25, -0.2) is 0 Å². The summed E-state index contributed by atoms with van der Waals surface area (Å²) in [5.74, 6) is 2.63. The van der Waals surface area contributed by atoms with Crippen molar-refractivity contribution in [3.05, 3.63) is 0 Å². The number of carbonyl (C=O) groups is 1. The van der Waals surface area contributed by atoms with Gasteiger partial charge in [-0.3, -0.25) is 4.79 Å². The third-order valence-electron chi connectivity index (χ3n) is 2.46. The Hall–Kier alpha value is -0.220. The maximum Gasteiger partial charge on any atom is 0.221 e. The van der Waals surface area contributed by atoms with Gasteiger partial charge in [0.1, 0.15) is 0 Å². The van der Waals surface area contributed by atoms with Crippen molar-refractivity contribution < 1.29 is 4.79 Å². The summed E-state index contributed by atoms with van der Waals surface area (Å²) in [5, 5.41) is 6.43. The zero-order valence-corrected chi connectivity index (χ0v) is 11.5. The lowest BCUT2D eigenvalue weighted by Crippen LogP contribution is -2.42. The molecule has 0 radical (unpaired) electrons. The van der Waals surface area contributed by atoms with Crippen LogP contribution in [0.1, 0.15) is 40.0 Å². The fourth-order valence-electron chi connectivity index (χ4n) is 1.77. The normalized spacial score (nSPS) is 21.8. The Balaban J connectivity index is 2.08. The molecule has 0 spiro atoms. The van der Waals surface area contributed by atoms with Crippen LogP contribution in [0.4, 0.5) is 0 Å². The van der Waals surface area contributed by atoms with Crippen molar-refractivity contribution in [3.8, 4) is 0 Å². The monoisotopic (exact) mass is 244 g/mol. The molecule has 1 rings (SSSR count). The van der Waals surface area contributed by atoms with Gasteiger partial charge >= 0.3 is 0 Å². The van der Waals surface area contributed by atoms with Crippen molar-refractivity contribution in [2.45, 2.75) is 51.6 Å². The number of hydrogen-bond donors (Lipinski definition) is 2. The fourth-order valence-corrected chi connectivity index (χ4v) is 2.88. The average molecular weight is 244 g/mol. The summed E-state index contributed by atoms with van der Waals surface area (Å²) in [5.41, 5.74) is -0.113. The van der Waals surface area contributed by atoms with Crippen LogP contribution < -0.4 is 10.6 Å². The standard InChI is InChI=1S/C12H24N2OS/c1-12(2,3)14-11(15)6-7-13-10-5-4-8-16-9-10/h10,13H,4-9H2,1-3H3,(H,14,15). The van der Waals surface area contributed by atoms with Crippen molar-refractivity contribution in [1.29, 1.82) is 0 Å². The largest absolute Gasteiger partial charge is 0.351 e. The molecule has 1 saturated heterocycles. The van der Waals surface area contributed by atoms with E-state index in [1.807, 2.05) is 32.5 Å². The fraction of sp³-hybridized carbons (Fsp3) is 0.917. The third kappa shape index (κ3) is 6.38. The van der Waals surface area contributed by atoms with E-state index in [0.717, 1.165) is 6.54 Å². The second-order valence-corrected chi connectivity index (χ2v) is 6.57. The lowest BCUT2D eigenvalue weighted by Gasteiger charge is -2.23. The molecule has 0 saturated carbocycles. The Morgan fingerprint density at radius 1 is 1.44 bits per heavy atom. The third-order valence-corrected chi connectivity index (χ3v) is 3.68. The van der Waals surface area contributed by atoms with Crippen LogP contribution in [-0.4, -0.2) is 35.5 Å². The Kier molecular flexibility index (Phi) is 5.62. The number of hydrogen-bond acceptors (Lipinski definition) is 3. The lowest BCUT2D eigenvalue weighted by atomic mass is 10.1. The van der Waals surface area contributed by atoms with Crippen LogP contribution in [0, 0.1) is 0 Å². The van der Waals surface area contributed by atoms with Crippen LogP contribution in [-0.2, 0) is 4.79 Å². The summed E-state index contributed by atoms with van der Waals surface area (Å²) in [4.78, 5) is 11.5. The van der Waals surface area contributed by atoms with Crippen LogP contribution in [0.15, 0.2) is 0 Å². The van der Waals surface area contributed by atoms with Crippen molar-refractivity contribution in [3.63, 3.8) is 0 Å². The van der Waals surface area contributed by atoms with Gasteiger partial charge in [0.15, 0.2) is 0 Å². The topological polar surface area (TPSA) is 41.1 Å². The van der Waals surface area contributed by atoms with Crippen LogP contribution >= 0.6 is 11.8 Å². The molecule has 1 fully saturated rings. The highest BCUT2D eigenvalue weighted by molar-refractivity contribution is 7.99. The minimum atomic E-state index is -0.113. The van der Waals surface area contributed by atoms with Gasteiger partial charge in [0.25, 0.3) is 0 Å². The highest BCUT2D eigenvalue weighted by Gasteiger charge is 2.15. The van der Waals surface area contributed by atoms with E-state index in [1.54, 1.807) is 0 Å². The van der Waals surface area contributed by atoms with Gasteiger partial charge in [-0.2, -0.15) is 11.8 Å². The molecule has 1 atom stereocenters. The Morgan fingerprint density at radius 3 is 2.75 bits per heavy atom. The second kappa shape index (κ2) is 6.50. The summed E-state index contributed by atoms with van der Waals surface area (Å²) >= 11 is 2.01. The quantitative estimate of drug-likeness (QED) is 0.792. The zero-order chi connectivity index (χ0) is 12.0. The van der Waals surface area contributed by atoms with E-state index in [4.69, 9.17) is 0 Å². The number of amides is 1. The van der Waals surface area contributed by atoms with Crippen molar-refractivity contribution in [2.24, 2.45) is 0 Å². The van der Waals surface area contributed by atoms with Crippen LogP contribution in [0.2, 0.25) is 0 Å². The minimum absolute atomic E-state index is 0.113. The molecule has 0 aromatic carbocycles. The smallest absolute Gasteiger partial charge is 0.221 e. The molecule has 2 N–H and O–H groups in total. The highest BCUT2D eigenvalue weighted by Crippen LogP contribution is 2.16. The Morgan fingerprint density at radius 2 is 2.19 bits per heavy atom. The Bertz CT molecular complexity index is 220. The predicted molar refractivity (Wildman–Crippen MR) is 70.9 cm³/mol. The first-order valence-electron chi connectivity index (χ1n) is 6.09. The summed E-state index contributed by atoms with van der Waals surface area (Å²) in [6, 6.07) is 0.612. The number of rotatable bonds is 4. The SMILES string of the molecule is CC(C)(C)NC(=O)CCNC1CCCSC1. The van der Waals surface area contributed by atoms with E-state index in [2.05, 4.69) is 10.6 Å². The lowest BCUT2D eigenvalue weighted by molar-refractivity contribution is -0.122. The predicted octanol–water partition coefficient (Wildman–Crippen LogP) is 1.78. The molecule has 1 aliphatic rings. The Labute approximate surface area is 103 Å². The van der Waals surface area contributed by atoms with Crippen LogP contribution in [0.5, 0.6) is 0 Å². The molecular formula is C12H24N2OS. The second-order valence-electron chi connectivity index (χ2n) is 5.42. The molecule has 0 aromatic heterocycles. The summed E-state index contributed by atoms with van der Waals surface area (Å²) in [6.45, 7) is 6.83. The summed E-state index contributed by atoms with van der Waals surface area (Å²) in [6.07, 6.45) is 3.14. The van der Waals surface area contributed by atoms with E-state index in [-0.39, 0.29) is 11.4 Å². The maximum atomic E-state index is 11.5. The molecule has 0 aromatic rings. The van der Waals surface area contributed by atoms with Crippen LogP contribution in [0.3, 0.4) is 0 Å². The molecule has 16 heavy (non-hydrogen) atoms. The number of nitrogens with one attached hydrogen (secondary N) is 2. The molecule has 3 nitrogen and oxygen atoms in total. The van der Waals surface area contributed by atoms with Gasteiger partial charge in [0, 0.05) is 30.3 Å². The zero-order valence-electron chi connectivity index (χ0n) is 10.6. The van der Waals surface area contributed by atoms with E-state index < -0.39 is 0 Å². The first-order chi connectivity index (χ1) is 7.47. The first-order valence-corrected chi connectivity index (χ1v) is 7.25. The summed E-state index contributed by atoms with van der Waals surface area (Å²) in [7, 11) is 0. The number of carbonyl (C=O) groups excluding carboxylic acids is 1. The van der Waals surface area contributed by atoms with Gasteiger partial charge in [0.05, 0.1) is 0 Å². The van der Waals surface area contributed by atoms with Gasteiger partial charge in [0.2, 0.25) is 5.91 Å². The van der Waals surface area contributed by atoms with Crippen molar-refractivity contribution in [1.82, 2.24) is 10.6 Å². The van der Waals surface area contributed by atoms with Crippen LogP contribution in [0.25, 0.3) is 0 Å². The van der Waals surface area contributed by atoms with E-state index in [1.165, 1.54) is 24.3 Å². The summed E-state index contributed by atoms with van der Waals surface area (Å²) < 4.78 is 0. The van der Waals surface area contributed by atoms with Crippen molar-refractivity contribution in [2.75, 3.05) is 18.1 Å². The van der Waals surface area contributed by atoms with E-state index in [9.17, 15) is 4.79 Å². The molecule has 94 valence electrons. The molecule has 1 amide bonds. The average Bonchev–Trinajstić information content (AvgIpc) is 2.16. The molecule has 1 unspecified atom stereocenters. The van der Waals surface area contributed by atoms with Crippen molar-refractivity contribution >= 4 is 17.7 Å². The molecule has 1 aliphatic heterocycles. The van der Waals surface area contributed by atoms with E-state index in [0.29, 0.717) is 12.5 Å². The first kappa shape index (κ1) is 13.8. The maximum absolute atomic E-state index is 11.5. The molecule has 4 heteroatoms. The highest BCUT2D eigenvalue weighted by atomic mass is 32.2. The molecule has 0 bridgehead atoms. The molecular weight excluding hydrogens is 220 g/mol. The number of thioether (sulfide) groups is 1. The van der Waals surface area contributed by atoms with E-state index >= 15 is 0 Å². The molecule has 1 heterocycles. The van der Waals surface area contributed by atoms with Gasteiger partial charge in [-0.15, -0.1) is 0 Å². The van der Waals surface area contributed by atoms with Gasteiger partial charge < -0.3 is 10.6 Å². The minimum Gasteiger partial charge on any atom is -0.351 e.